The number of carbonyl (C=O) groups is 1. The van der Waals surface area contributed by atoms with E-state index in [4.69, 9.17) is 9.47 Å². The Morgan fingerprint density at radius 3 is 2.52 bits per heavy atom. The lowest BCUT2D eigenvalue weighted by Gasteiger charge is -2.11. The van der Waals surface area contributed by atoms with E-state index in [1.54, 1.807) is 6.08 Å². The Morgan fingerprint density at radius 1 is 1.15 bits per heavy atom. The summed E-state index contributed by atoms with van der Waals surface area (Å²) in [4.78, 5) is 39.9. The molecule has 210 valence electrons. The molecule has 0 saturated heterocycles. The molecule has 0 fully saturated rings. The van der Waals surface area contributed by atoms with Crippen LogP contribution in [0.1, 0.15) is 10.4 Å². The van der Waals surface area contributed by atoms with Crippen LogP contribution in [-0.2, 0) is 21.4 Å². The van der Waals surface area contributed by atoms with Gasteiger partial charge in [-0.1, -0.05) is 17.8 Å². The molecule has 3 heterocycles. The minimum Gasteiger partial charge on any atom is -0.481 e. The third kappa shape index (κ3) is 6.26. The monoisotopic (exact) mass is 602 g/mol. The summed E-state index contributed by atoms with van der Waals surface area (Å²) in [6.45, 7) is 7.82. The van der Waals surface area contributed by atoms with E-state index in [0.717, 1.165) is 22.2 Å². The number of methoxy groups -OCH3 is 2. The summed E-state index contributed by atoms with van der Waals surface area (Å²) in [5, 5.41) is 3.73. The number of carbonyl (C=O) groups excluding carboxylic acids is 1. The largest absolute Gasteiger partial charge is 0.481 e. The van der Waals surface area contributed by atoms with Gasteiger partial charge in [0.2, 0.25) is 11.8 Å². The zero-order valence-corrected chi connectivity index (χ0v) is 24.5. The number of anilines is 2. The maximum atomic E-state index is 13.1. The van der Waals surface area contributed by atoms with Gasteiger partial charge < -0.3 is 14.8 Å². The van der Waals surface area contributed by atoms with E-state index < -0.39 is 10.0 Å². The van der Waals surface area contributed by atoms with Crippen LogP contribution in [-0.4, -0.2) is 53.8 Å². The van der Waals surface area contributed by atoms with E-state index in [0.29, 0.717) is 21.1 Å². The summed E-state index contributed by atoms with van der Waals surface area (Å²) in [6.07, 6.45) is 1.61. The predicted octanol–water partition coefficient (Wildman–Crippen LogP) is 3.60. The van der Waals surface area contributed by atoms with Crippen LogP contribution in [0.3, 0.4) is 0 Å². The second-order valence-electron chi connectivity index (χ2n) is 8.31. The summed E-state index contributed by atoms with van der Waals surface area (Å²) in [5.41, 5.74) is 1.13. The van der Waals surface area contributed by atoms with E-state index in [9.17, 15) is 18.0 Å². The van der Waals surface area contributed by atoms with Crippen LogP contribution in [0.2, 0.25) is 0 Å². The first-order chi connectivity index (χ1) is 19.1. The van der Waals surface area contributed by atoms with Gasteiger partial charge in [0.15, 0.2) is 11.0 Å². The van der Waals surface area contributed by atoms with Crippen molar-refractivity contribution in [2.75, 3.05) is 30.0 Å². The maximum absolute atomic E-state index is 13.1. The Kier molecular flexibility index (Phi) is 8.76. The molecule has 0 unspecified atom stereocenters. The minimum atomic E-state index is -4.00. The van der Waals surface area contributed by atoms with Gasteiger partial charge in [-0.15, -0.1) is 17.9 Å². The van der Waals surface area contributed by atoms with Crippen molar-refractivity contribution >= 4 is 60.8 Å². The molecule has 0 radical (unpaired) electrons. The van der Waals surface area contributed by atoms with Crippen molar-refractivity contribution in [2.24, 2.45) is 0 Å². The second-order valence-corrected chi connectivity index (χ2v) is 12.1. The summed E-state index contributed by atoms with van der Waals surface area (Å²) in [5.74, 6) is -0.278. The number of rotatable bonds is 11. The number of thioether (sulfide) groups is 1. The number of amides is 1. The first-order valence-electron chi connectivity index (χ1n) is 11.7. The lowest BCUT2D eigenvalue weighted by atomic mass is 10.2. The van der Waals surface area contributed by atoms with Crippen LogP contribution in [0.15, 0.2) is 57.8 Å². The van der Waals surface area contributed by atoms with Gasteiger partial charge in [-0.2, -0.15) is 9.97 Å². The Bertz CT molecular complexity index is 1730. The summed E-state index contributed by atoms with van der Waals surface area (Å²) in [6, 6.07) is 6.87. The molecule has 40 heavy (non-hydrogen) atoms. The Labute approximate surface area is 238 Å². The number of aromatic nitrogens is 4. The van der Waals surface area contributed by atoms with E-state index in [1.807, 2.05) is 13.8 Å². The number of fused-ring (bicyclic) bond motifs is 1. The highest BCUT2D eigenvalue weighted by Gasteiger charge is 2.19. The molecular formula is C25H26N6O6S3. The molecule has 4 aromatic rings. The van der Waals surface area contributed by atoms with Gasteiger partial charge in [-0.25, -0.2) is 13.4 Å². The molecule has 3 aromatic heterocycles. The van der Waals surface area contributed by atoms with Crippen LogP contribution in [0.25, 0.3) is 10.2 Å². The fourth-order valence-corrected chi connectivity index (χ4v) is 6.47. The number of hydrogen-bond donors (Lipinski definition) is 2. The van der Waals surface area contributed by atoms with Crippen molar-refractivity contribution < 1.29 is 22.7 Å². The Hall–Kier alpha value is -3.95. The van der Waals surface area contributed by atoms with Gasteiger partial charge in [0.25, 0.3) is 15.6 Å². The van der Waals surface area contributed by atoms with Gasteiger partial charge in [-0.05, 0) is 43.7 Å². The minimum absolute atomic E-state index is 0.0165. The van der Waals surface area contributed by atoms with Gasteiger partial charge in [0.05, 0.1) is 30.3 Å². The molecule has 4 rings (SSSR count). The molecule has 2 N–H and O–H groups in total. The molecule has 0 spiro atoms. The molecular weight excluding hydrogens is 577 g/mol. The zero-order valence-electron chi connectivity index (χ0n) is 22.0. The van der Waals surface area contributed by atoms with Gasteiger partial charge in [-0.3, -0.25) is 18.9 Å². The second kappa shape index (κ2) is 12.1. The van der Waals surface area contributed by atoms with E-state index in [-0.39, 0.29) is 46.4 Å². The number of nitrogens with one attached hydrogen (secondary N) is 2. The first kappa shape index (κ1) is 29.0. The van der Waals surface area contributed by atoms with E-state index in [1.165, 1.54) is 60.5 Å². The molecule has 0 atom stereocenters. The lowest BCUT2D eigenvalue weighted by Crippen LogP contribution is -2.23. The van der Waals surface area contributed by atoms with Gasteiger partial charge in [0.1, 0.15) is 4.83 Å². The number of sulfonamides is 1. The topological polar surface area (TPSA) is 154 Å². The number of nitrogens with zero attached hydrogens (tertiary/aromatic N) is 4. The highest BCUT2D eigenvalue weighted by Crippen LogP contribution is 2.28. The first-order valence-corrected chi connectivity index (χ1v) is 15.0. The zero-order chi connectivity index (χ0) is 29.0. The standard InChI is InChI=1S/C25H26N6O6S3/c1-6-11-31-23(33)21-14(2)15(3)39-22(21)29-25(31)38-13-19(32)26-16-7-9-17(10-8-16)40(34,35)30-18-12-20(36-4)28-24(27-18)37-5/h6-10,12H,1,11,13H2,2-5H3,(H,26,32)(H,27,28,30). The third-order valence-corrected chi connectivity index (χ3v) is 9.11. The number of allylic oxidation sites excluding steroid dienone is 1. The summed E-state index contributed by atoms with van der Waals surface area (Å²) >= 11 is 2.57. The van der Waals surface area contributed by atoms with Crippen LogP contribution in [0.4, 0.5) is 11.5 Å². The van der Waals surface area contributed by atoms with Crippen molar-refractivity contribution in [1.82, 2.24) is 19.5 Å². The third-order valence-electron chi connectivity index (χ3n) is 5.66. The maximum Gasteiger partial charge on any atom is 0.321 e. The van der Waals surface area contributed by atoms with Crippen LogP contribution in [0, 0.1) is 13.8 Å². The average molecular weight is 603 g/mol. The van der Waals surface area contributed by atoms with Crippen molar-refractivity contribution in [1.29, 1.82) is 0 Å². The normalized spacial score (nSPS) is 11.3. The molecule has 0 aliphatic heterocycles. The van der Waals surface area contributed by atoms with Crippen molar-refractivity contribution in [3.63, 3.8) is 0 Å². The van der Waals surface area contributed by atoms with Crippen molar-refractivity contribution in [3.05, 3.63) is 63.8 Å². The Morgan fingerprint density at radius 2 is 1.88 bits per heavy atom. The van der Waals surface area contributed by atoms with Crippen LogP contribution >= 0.6 is 23.1 Å². The van der Waals surface area contributed by atoms with Crippen molar-refractivity contribution in [3.8, 4) is 11.9 Å². The summed E-state index contributed by atoms with van der Waals surface area (Å²) in [7, 11) is -1.28. The number of aryl methyl sites for hydroxylation is 2. The fraction of sp³-hybridized carbons (Fsp3) is 0.240. The molecule has 1 aromatic carbocycles. The highest BCUT2D eigenvalue weighted by atomic mass is 32.2. The molecule has 0 aliphatic rings. The molecule has 0 bridgehead atoms. The molecule has 0 aliphatic carbocycles. The quantitative estimate of drug-likeness (QED) is 0.148. The van der Waals surface area contributed by atoms with Crippen LogP contribution < -0.4 is 25.1 Å². The molecule has 12 nitrogen and oxygen atoms in total. The van der Waals surface area contributed by atoms with Crippen LogP contribution in [0.5, 0.6) is 11.9 Å². The molecule has 1 amide bonds. The smallest absolute Gasteiger partial charge is 0.321 e. The van der Waals surface area contributed by atoms with Crippen molar-refractivity contribution in [2.45, 2.75) is 30.4 Å². The van der Waals surface area contributed by atoms with Gasteiger partial charge >= 0.3 is 6.01 Å². The fourth-order valence-electron chi connectivity index (χ4n) is 3.60. The predicted molar refractivity (Wildman–Crippen MR) is 155 cm³/mol. The van der Waals surface area contributed by atoms with E-state index >= 15 is 0 Å². The summed E-state index contributed by atoms with van der Waals surface area (Å²) < 4.78 is 39.5. The number of hydrogen-bond acceptors (Lipinski definition) is 11. The number of ether oxygens (including phenoxy) is 2. The SMILES string of the molecule is C=CCn1c(SCC(=O)Nc2ccc(S(=O)(=O)Nc3cc(OC)nc(OC)n3)cc2)nc2sc(C)c(C)c2c1=O. The highest BCUT2D eigenvalue weighted by molar-refractivity contribution is 7.99. The number of benzene rings is 1. The lowest BCUT2D eigenvalue weighted by molar-refractivity contribution is -0.113. The van der Waals surface area contributed by atoms with E-state index in [2.05, 4.69) is 31.6 Å². The Balaban J connectivity index is 1.44. The molecule has 0 saturated carbocycles. The van der Waals surface area contributed by atoms with Gasteiger partial charge in [0, 0.05) is 23.2 Å². The number of thiophene rings is 1. The molecule has 15 heteroatoms. The average Bonchev–Trinajstić information content (AvgIpc) is 3.21.